The SMILES string of the molecule is CSc1nccnc1C1CC=CS1. The highest BCUT2D eigenvalue weighted by atomic mass is 32.2. The van der Waals surface area contributed by atoms with Crippen molar-refractivity contribution in [1.82, 2.24) is 9.97 Å². The molecule has 1 aliphatic heterocycles. The molecule has 2 nitrogen and oxygen atoms in total. The van der Waals surface area contributed by atoms with Gasteiger partial charge < -0.3 is 0 Å². The molecular formula is C9H10N2S2. The molecule has 4 heteroatoms. The third-order valence-corrected chi connectivity index (χ3v) is 3.67. The maximum absolute atomic E-state index is 4.39. The van der Waals surface area contributed by atoms with Gasteiger partial charge in [-0.25, -0.2) is 4.98 Å². The number of hydrogen-bond donors (Lipinski definition) is 0. The van der Waals surface area contributed by atoms with Crippen LogP contribution in [0.2, 0.25) is 0 Å². The van der Waals surface area contributed by atoms with E-state index in [1.807, 2.05) is 18.0 Å². The second kappa shape index (κ2) is 4.15. The number of allylic oxidation sites excluding steroid dienone is 1. The van der Waals surface area contributed by atoms with Gasteiger partial charge >= 0.3 is 0 Å². The van der Waals surface area contributed by atoms with E-state index in [0.29, 0.717) is 5.25 Å². The van der Waals surface area contributed by atoms with E-state index in [4.69, 9.17) is 0 Å². The van der Waals surface area contributed by atoms with Gasteiger partial charge in [0.25, 0.3) is 0 Å². The Morgan fingerprint density at radius 2 is 2.31 bits per heavy atom. The zero-order valence-corrected chi connectivity index (χ0v) is 8.94. The molecular weight excluding hydrogens is 200 g/mol. The molecule has 1 aromatic heterocycles. The first-order valence-electron chi connectivity index (χ1n) is 4.07. The van der Waals surface area contributed by atoms with Gasteiger partial charge in [0.1, 0.15) is 5.03 Å². The van der Waals surface area contributed by atoms with Crippen molar-refractivity contribution >= 4 is 23.5 Å². The summed E-state index contributed by atoms with van der Waals surface area (Å²) in [6, 6.07) is 0. The Morgan fingerprint density at radius 1 is 1.46 bits per heavy atom. The summed E-state index contributed by atoms with van der Waals surface area (Å²) in [6.45, 7) is 0. The largest absolute Gasteiger partial charge is 0.256 e. The minimum Gasteiger partial charge on any atom is -0.256 e. The number of hydrogen-bond acceptors (Lipinski definition) is 4. The van der Waals surface area contributed by atoms with Crippen LogP contribution in [0.4, 0.5) is 0 Å². The quantitative estimate of drug-likeness (QED) is 0.701. The maximum atomic E-state index is 4.39. The molecule has 68 valence electrons. The predicted molar refractivity (Wildman–Crippen MR) is 57.9 cm³/mol. The number of nitrogens with zero attached hydrogens (tertiary/aromatic N) is 2. The fourth-order valence-electron chi connectivity index (χ4n) is 1.28. The molecule has 0 spiro atoms. The van der Waals surface area contributed by atoms with Crippen molar-refractivity contribution in [1.29, 1.82) is 0 Å². The molecule has 0 saturated heterocycles. The third kappa shape index (κ3) is 1.89. The summed E-state index contributed by atoms with van der Waals surface area (Å²) in [7, 11) is 0. The summed E-state index contributed by atoms with van der Waals surface area (Å²) < 4.78 is 0. The van der Waals surface area contributed by atoms with Crippen molar-refractivity contribution in [2.75, 3.05) is 6.26 Å². The molecule has 2 heterocycles. The molecule has 1 unspecified atom stereocenters. The van der Waals surface area contributed by atoms with E-state index in [1.54, 1.807) is 24.2 Å². The number of rotatable bonds is 2. The Balaban J connectivity index is 2.27. The van der Waals surface area contributed by atoms with Gasteiger partial charge in [-0.05, 0) is 18.1 Å². The third-order valence-electron chi connectivity index (χ3n) is 1.88. The van der Waals surface area contributed by atoms with E-state index >= 15 is 0 Å². The Bertz CT molecular complexity index is 317. The Kier molecular flexibility index (Phi) is 2.90. The molecule has 1 aliphatic rings. The molecule has 0 fully saturated rings. The minimum atomic E-state index is 0.483. The highest BCUT2D eigenvalue weighted by molar-refractivity contribution is 8.02. The standard InChI is InChI=1S/C9H10N2S2/c1-12-9-8(10-4-5-11-9)7-3-2-6-13-7/h2,4-7H,3H2,1H3. The van der Waals surface area contributed by atoms with Crippen molar-refractivity contribution in [2.45, 2.75) is 16.7 Å². The molecule has 13 heavy (non-hydrogen) atoms. The molecule has 0 aromatic carbocycles. The zero-order chi connectivity index (χ0) is 9.10. The van der Waals surface area contributed by atoms with E-state index < -0.39 is 0 Å². The molecule has 0 radical (unpaired) electrons. The molecule has 0 aliphatic carbocycles. The van der Waals surface area contributed by atoms with Crippen LogP contribution in [0.3, 0.4) is 0 Å². The van der Waals surface area contributed by atoms with Gasteiger partial charge in [0.05, 0.1) is 10.9 Å². The van der Waals surface area contributed by atoms with Crippen LogP contribution in [0.15, 0.2) is 28.9 Å². The Morgan fingerprint density at radius 3 is 3.00 bits per heavy atom. The van der Waals surface area contributed by atoms with Crippen LogP contribution in [0.5, 0.6) is 0 Å². The lowest BCUT2D eigenvalue weighted by Crippen LogP contribution is -1.97. The molecule has 2 rings (SSSR count). The summed E-state index contributed by atoms with van der Waals surface area (Å²) in [6.07, 6.45) is 8.84. The van der Waals surface area contributed by atoms with E-state index in [9.17, 15) is 0 Å². The van der Waals surface area contributed by atoms with Crippen molar-refractivity contribution in [3.05, 3.63) is 29.6 Å². The number of aromatic nitrogens is 2. The van der Waals surface area contributed by atoms with Crippen molar-refractivity contribution in [3.8, 4) is 0 Å². The van der Waals surface area contributed by atoms with Crippen LogP contribution >= 0.6 is 23.5 Å². The molecule has 1 aromatic rings. The maximum Gasteiger partial charge on any atom is 0.118 e. The predicted octanol–water partition coefficient (Wildman–Crippen LogP) is 2.89. The number of thioether (sulfide) groups is 2. The fourth-order valence-corrected chi connectivity index (χ4v) is 2.86. The lowest BCUT2D eigenvalue weighted by atomic mass is 10.2. The van der Waals surface area contributed by atoms with Gasteiger partial charge in [-0.15, -0.1) is 23.5 Å². The lowest BCUT2D eigenvalue weighted by molar-refractivity contribution is 0.855. The van der Waals surface area contributed by atoms with Crippen molar-refractivity contribution < 1.29 is 0 Å². The lowest BCUT2D eigenvalue weighted by Gasteiger charge is -2.09. The van der Waals surface area contributed by atoms with Gasteiger partial charge in [-0.2, -0.15) is 0 Å². The monoisotopic (exact) mass is 210 g/mol. The van der Waals surface area contributed by atoms with E-state index in [-0.39, 0.29) is 0 Å². The fraction of sp³-hybridized carbons (Fsp3) is 0.333. The Hall–Kier alpha value is -0.480. The average Bonchev–Trinajstić information content (AvgIpc) is 2.70. The zero-order valence-electron chi connectivity index (χ0n) is 7.30. The highest BCUT2D eigenvalue weighted by Crippen LogP contribution is 2.39. The summed E-state index contributed by atoms with van der Waals surface area (Å²) in [5, 5.41) is 3.68. The van der Waals surface area contributed by atoms with E-state index in [1.165, 1.54) is 0 Å². The van der Waals surface area contributed by atoms with Gasteiger partial charge in [-0.1, -0.05) is 6.08 Å². The first kappa shape index (κ1) is 9.09. The summed E-state index contributed by atoms with van der Waals surface area (Å²) in [4.78, 5) is 8.69. The van der Waals surface area contributed by atoms with Crippen LogP contribution in [-0.4, -0.2) is 16.2 Å². The summed E-state index contributed by atoms with van der Waals surface area (Å²) in [5.41, 5.74) is 1.13. The molecule has 0 N–H and O–H groups in total. The van der Waals surface area contributed by atoms with Crippen LogP contribution in [-0.2, 0) is 0 Å². The van der Waals surface area contributed by atoms with Crippen LogP contribution in [0.1, 0.15) is 17.4 Å². The van der Waals surface area contributed by atoms with Gasteiger partial charge in [0.15, 0.2) is 0 Å². The van der Waals surface area contributed by atoms with Gasteiger partial charge in [0, 0.05) is 12.4 Å². The molecule has 0 bridgehead atoms. The second-order valence-corrected chi connectivity index (χ2v) is 4.59. The topological polar surface area (TPSA) is 25.8 Å². The van der Waals surface area contributed by atoms with Crippen LogP contribution in [0.25, 0.3) is 0 Å². The van der Waals surface area contributed by atoms with E-state index in [0.717, 1.165) is 17.1 Å². The molecule has 0 saturated carbocycles. The first-order chi connectivity index (χ1) is 6.42. The first-order valence-corrected chi connectivity index (χ1v) is 6.24. The van der Waals surface area contributed by atoms with E-state index in [2.05, 4.69) is 21.5 Å². The summed E-state index contributed by atoms with van der Waals surface area (Å²) in [5.74, 6) is 0. The normalized spacial score (nSPS) is 20.8. The minimum absolute atomic E-state index is 0.483. The smallest absolute Gasteiger partial charge is 0.118 e. The second-order valence-electron chi connectivity index (χ2n) is 2.68. The van der Waals surface area contributed by atoms with Crippen molar-refractivity contribution in [2.24, 2.45) is 0 Å². The molecule has 1 atom stereocenters. The van der Waals surface area contributed by atoms with Crippen molar-refractivity contribution in [3.63, 3.8) is 0 Å². The van der Waals surface area contributed by atoms with Gasteiger partial charge in [-0.3, -0.25) is 4.98 Å². The van der Waals surface area contributed by atoms with Crippen LogP contribution in [0, 0.1) is 0 Å². The summed E-state index contributed by atoms with van der Waals surface area (Å²) >= 11 is 3.50. The average molecular weight is 210 g/mol. The van der Waals surface area contributed by atoms with Crippen LogP contribution < -0.4 is 0 Å². The Labute approximate surface area is 86.2 Å². The highest BCUT2D eigenvalue weighted by Gasteiger charge is 2.18. The molecule has 0 amide bonds. The van der Waals surface area contributed by atoms with Gasteiger partial charge in [0.2, 0.25) is 0 Å².